The minimum absolute atomic E-state index is 0.432. The summed E-state index contributed by atoms with van der Waals surface area (Å²) in [5, 5.41) is 0. The molecule has 0 amide bonds. The molecular weight excluding hydrogens is 236 g/mol. The number of para-hydroxylation sites is 2. The first-order valence-electron chi connectivity index (χ1n) is 7.16. The van der Waals surface area contributed by atoms with Gasteiger partial charge in [-0.15, -0.1) is 0 Å². The lowest BCUT2D eigenvalue weighted by molar-refractivity contribution is -0.119. The van der Waals surface area contributed by atoms with Crippen molar-refractivity contribution in [2.45, 2.75) is 38.5 Å². The summed E-state index contributed by atoms with van der Waals surface area (Å²) in [6, 6.07) is 8.22. The number of fused-ring (bicyclic) bond motifs is 1. The van der Waals surface area contributed by atoms with E-state index in [1.165, 1.54) is 11.9 Å². The first-order chi connectivity index (χ1) is 9.24. The van der Waals surface area contributed by atoms with Crippen molar-refractivity contribution in [2.24, 2.45) is 13.0 Å². The van der Waals surface area contributed by atoms with Gasteiger partial charge in [0, 0.05) is 26.3 Å². The molecule has 1 fully saturated rings. The van der Waals surface area contributed by atoms with Crippen LogP contribution >= 0.6 is 0 Å². The molecule has 0 saturated heterocycles. The number of rotatable bonds is 2. The molecule has 100 valence electrons. The SMILES string of the molecule is Cn1c(CC2CCCCC(=O)C2)nc2ccccc21. The topological polar surface area (TPSA) is 34.9 Å². The quantitative estimate of drug-likeness (QED) is 0.773. The van der Waals surface area contributed by atoms with Gasteiger partial charge in [-0.2, -0.15) is 0 Å². The maximum atomic E-state index is 11.7. The van der Waals surface area contributed by atoms with Crippen molar-refractivity contribution in [1.82, 2.24) is 9.55 Å². The molecule has 19 heavy (non-hydrogen) atoms. The Labute approximate surface area is 113 Å². The lowest BCUT2D eigenvalue weighted by Gasteiger charge is -2.12. The van der Waals surface area contributed by atoms with Crippen LogP contribution in [0.2, 0.25) is 0 Å². The predicted octanol–water partition coefficient (Wildman–Crippen LogP) is 3.27. The molecule has 0 spiro atoms. The summed E-state index contributed by atoms with van der Waals surface area (Å²) >= 11 is 0. The average Bonchev–Trinajstić information content (AvgIpc) is 2.58. The lowest BCUT2D eigenvalue weighted by atomic mass is 9.96. The number of carbonyl (C=O) groups is 1. The Balaban J connectivity index is 1.84. The van der Waals surface area contributed by atoms with Crippen LogP contribution in [0.15, 0.2) is 24.3 Å². The first kappa shape index (κ1) is 12.4. The highest BCUT2D eigenvalue weighted by Gasteiger charge is 2.20. The van der Waals surface area contributed by atoms with Gasteiger partial charge in [0.1, 0.15) is 11.6 Å². The van der Waals surface area contributed by atoms with Gasteiger partial charge < -0.3 is 4.57 Å². The summed E-state index contributed by atoms with van der Waals surface area (Å²) < 4.78 is 2.17. The summed E-state index contributed by atoms with van der Waals surface area (Å²) in [5.74, 6) is 2.02. The number of benzene rings is 1. The third-order valence-corrected chi connectivity index (χ3v) is 4.19. The van der Waals surface area contributed by atoms with Crippen LogP contribution in [-0.2, 0) is 18.3 Å². The molecule has 1 aliphatic carbocycles. The molecule has 1 aromatic heterocycles. The van der Waals surface area contributed by atoms with Gasteiger partial charge in [0.05, 0.1) is 11.0 Å². The van der Waals surface area contributed by atoms with Crippen molar-refractivity contribution in [3.8, 4) is 0 Å². The summed E-state index contributed by atoms with van der Waals surface area (Å²) in [4.78, 5) is 16.4. The Bertz CT molecular complexity index is 600. The summed E-state index contributed by atoms with van der Waals surface area (Å²) in [6.45, 7) is 0. The van der Waals surface area contributed by atoms with Crippen LogP contribution in [0.25, 0.3) is 11.0 Å². The number of imidazole rings is 1. The van der Waals surface area contributed by atoms with E-state index in [0.717, 1.165) is 43.4 Å². The van der Waals surface area contributed by atoms with Crippen molar-refractivity contribution in [2.75, 3.05) is 0 Å². The molecule has 3 rings (SSSR count). The zero-order valence-electron chi connectivity index (χ0n) is 11.4. The molecule has 3 nitrogen and oxygen atoms in total. The van der Waals surface area contributed by atoms with Crippen molar-refractivity contribution < 1.29 is 4.79 Å². The van der Waals surface area contributed by atoms with Crippen LogP contribution in [-0.4, -0.2) is 15.3 Å². The van der Waals surface area contributed by atoms with Gasteiger partial charge in [0.2, 0.25) is 0 Å². The van der Waals surface area contributed by atoms with E-state index < -0.39 is 0 Å². The molecule has 0 aliphatic heterocycles. The van der Waals surface area contributed by atoms with Crippen LogP contribution in [0.5, 0.6) is 0 Å². The summed E-state index contributed by atoms with van der Waals surface area (Å²) in [6.07, 6.45) is 5.85. The van der Waals surface area contributed by atoms with Crippen LogP contribution in [0.4, 0.5) is 0 Å². The molecular formula is C16H20N2O. The molecule has 1 aromatic carbocycles. The lowest BCUT2D eigenvalue weighted by Crippen LogP contribution is -2.11. The highest BCUT2D eigenvalue weighted by Crippen LogP contribution is 2.25. The fraction of sp³-hybridized carbons (Fsp3) is 0.500. The van der Waals surface area contributed by atoms with Crippen molar-refractivity contribution in [1.29, 1.82) is 0 Å². The zero-order chi connectivity index (χ0) is 13.2. The second-order valence-electron chi connectivity index (χ2n) is 5.63. The Morgan fingerprint density at radius 2 is 2.16 bits per heavy atom. The first-order valence-corrected chi connectivity index (χ1v) is 7.16. The highest BCUT2D eigenvalue weighted by atomic mass is 16.1. The Hall–Kier alpha value is -1.64. The highest BCUT2D eigenvalue weighted by molar-refractivity contribution is 5.79. The molecule has 0 radical (unpaired) electrons. The number of Topliss-reactive ketones (excluding diaryl/α,β-unsaturated/α-hetero) is 1. The molecule has 3 heteroatoms. The molecule has 0 bridgehead atoms. The normalized spacial score (nSPS) is 20.7. The molecule has 1 unspecified atom stereocenters. The van der Waals surface area contributed by atoms with Crippen LogP contribution < -0.4 is 0 Å². The molecule has 1 saturated carbocycles. The maximum Gasteiger partial charge on any atom is 0.133 e. The van der Waals surface area contributed by atoms with Crippen molar-refractivity contribution in [3.05, 3.63) is 30.1 Å². The van der Waals surface area contributed by atoms with Gasteiger partial charge in [-0.25, -0.2) is 4.98 Å². The maximum absolute atomic E-state index is 11.7. The predicted molar refractivity (Wildman–Crippen MR) is 76.0 cm³/mol. The third-order valence-electron chi connectivity index (χ3n) is 4.19. The summed E-state index contributed by atoms with van der Waals surface area (Å²) in [7, 11) is 2.07. The number of aryl methyl sites for hydroxylation is 1. The monoisotopic (exact) mass is 256 g/mol. The Kier molecular flexibility index (Phi) is 3.36. The van der Waals surface area contributed by atoms with Crippen molar-refractivity contribution >= 4 is 16.8 Å². The number of aromatic nitrogens is 2. The average molecular weight is 256 g/mol. The third kappa shape index (κ3) is 2.55. The number of nitrogens with zero attached hydrogens (tertiary/aromatic N) is 2. The molecule has 1 heterocycles. The number of hydrogen-bond acceptors (Lipinski definition) is 2. The summed E-state index contributed by atoms with van der Waals surface area (Å²) in [5.41, 5.74) is 2.23. The van der Waals surface area contributed by atoms with Gasteiger partial charge in [-0.1, -0.05) is 18.6 Å². The molecule has 2 aromatic rings. The Morgan fingerprint density at radius 1 is 1.32 bits per heavy atom. The van der Waals surface area contributed by atoms with Gasteiger partial charge >= 0.3 is 0 Å². The minimum atomic E-state index is 0.432. The zero-order valence-corrected chi connectivity index (χ0v) is 11.4. The number of hydrogen-bond donors (Lipinski definition) is 0. The standard InChI is InChI=1S/C16H20N2O/c1-18-15-9-5-4-8-14(15)17-16(18)11-12-6-2-3-7-13(19)10-12/h4-5,8-9,12H,2-3,6-7,10-11H2,1H3. The molecule has 1 aliphatic rings. The fourth-order valence-electron chi connectivity index (χ4n) is 3.09. The van der Waals surface area contributed by atoms with E-state index in [9.17, 15) is 4.79 Å². The number of carbonyl (C=O) groups excluding carboxylic acids is 1. The molecule has 1 atom stereocenters. The van der Waals surface area contributed by atoms with Gasteiger partial charge in [-0.05, 0) is 30.9 Å². The Morgan fingerprint density at radius 3 is 3.00 bits per heavy atom. The largest absolute Gasteiger partial charge is 0.331 e. The second-order valence-corrected chi connectivity index (χ2v) is 5.63. The molecule has 0 N–H and O–H groups in total. The van der Waals surface area contributed by atoms with Crippen LogP contribution in [0.1, 0.15) is 37.9 Å². The van der Waals surface area contributed by atoms with Crippen molar-refractivity contribution in [3.63, 3.8) is 0 Å². The van der Waals surface area contributed by atoms with Gasteiger partial charge in [0.15, 0.2) is 0 Å². The van der Waals surface area contributed by atoms with E-state index in [1.807, 2.05) is 12.1 Å². The second kappa shape index (κ2) is 5.16. The van der Waals surface area contributed by atoms with E-state index in [1.54, 1.807) is 0 Å². The van der Waals surface area contributed by atoms with E-state index >= 15 is 0 Å². The fourth-order valence-corrected chi connectivity index (χ4v) is 3.09. The van der Waals surface area contributed by atoms with Crippen LogP contribution in [0, 0.1) is 5.92 Å². The van der Waals surface area contributed by atoms with E-state index in [4.69, 9.17) is 4.98 Å². The van der Waals surface area contributed by atoms with Gasteiger partial charge in [0.25, 0.3) is 0 Å². The van der Waals surface area contributed by atoms with Gasteiger partial charge in [-0.3, -0.25) is 4.79 Å². The minimum Gasteiger partial charge on any atom is -0.331 e. The van der Waals surface area contributed by atoms with Crippen LogP contribution in [0.3, 0.4) is 0 Å². The van der Waals surface area contributed by atoms with E-state index in [-0.39, 0.29) is 0 Å². The number of ketones is 1. The van der Waals surface area contributed by atoms with E-state index in [0.29, 0.717) is 11.7 Å². The van der Waals surface area contributed by atoms with E-state index in [2.05, 4.69) is 23.7 Å². The smallest absolute Gasteiger partial charge is 0.133 e.